The molecule has 1 amide bonds. The maximum atomic E-state index is 12.4. The lowest BCUT2D eigenvalue weighted by atomic mass is 10.0. The van der Waals surface area contributed by atoms with E-state index in [9.17, 15) is 4.79 Å². The number of rotatable bonds is 8. The number of anilines is 1. The number of nitrogens with zero attached hydrogens (tertiary/aromatic N) is 1. The third-order valence-corrected chi connectivity index (χ3v) is 5.52. The van der Waals surface area contributed by atoms with Crippen LogP contribution in [0.2, 0.25) is 0 Å². The quantitative estimate of drug-likeness (QED) is 0.614. The third kappa shape index (κ3) is 6.11. The molecule has 0 radical (unpaired) electrons. The lowest BCUT2D eigenvalue weighted by molar-refractivity contribution is -0.126. The highest BCUT2D eigenvalue weighted by molar-refractivity contribution is 5.87. The Hall–Kier alpha value is -2.75. The molecule has 1 aliphatic heterocycles. The van der Waals surface area contributed by atoms with Crippen LogP contribution in [-0.4, -0.2) is 31.0 Å². The molecule has 1 N–H and O–H groups in total. The van der Waals surface area contributed by atoms with E-state index >= 15 is 0 Å². The fraction of sp³-hybridized carbons (Fsp3) is 0.400. The van der Waals surface area contributed by atoms with Gasteiger partial charge in [-0.1, -0.05) is 37.3 Å². The first kappa shape index (κ1) is 21.0. The van der Waals surface area contributed by atoms with Crippen LogP contribution in [0.5, 0.6) is 5.75 Å². The molecule has 0 unspecified atom stereocenters. The average Bonchev–Trinajstić information content (AvgIpc) is 2.79. The van der Waals surface area contributed by atoms with E-state index in [1.165, 1.54) is 17.5 Å². The Bertz CT molecular complexity index is 791. The fourth-order valence-electron chi connectivity index (χ4n) is 3.68. The summed E-state index contributed by atoms with van der Waals surface area (Å²) in [6.45, 7) is 3.93. The molecule has 0 aliphatic carbocycles. The highest BCUT2D eigenvalue weighted by atomic mass is 16.5. The largest absolute Gasteiger partial charge is 0.497 e. The molecule has 0 saturated carbocycles. The van der Waals surface area contributed by atoms with Crippen LogP contribution >= 0.6 is 0 Å². The van der Waals surface area contributed by atoms with E-state index in [-0.39, 0.29) is 11.9 Å². The molecule has 0 spiro atoms. The number of hydrogen-bond donors (Lipinski definition) is 1. The van der Waals surface area contributed by atoms with E-state index in [2.05, 4.69) is 36.5 Å². The SMILES string of the molecule is CCc1ccc([C@@H](C/C=C/C(=O)N2CCCCC2)Nc2ccc(OC)cc2)cc1. The summed E-state index contributed by atoms with van der Waals surface area (Å²) >= 11 is 0. The van der Waals surface area contributed by atoms with Gasteiger partial charge in [0, 0.05) is 18.8 Å². The number of piperidine rings is 1. The third-order valence-electron chi connectivity index (χ3n) is 5.52. The number of benzene rings is 2. The van der Waals surface area contributed by atoms with E-state index in [4.69, 9.17) is 4.74 Å². The molecule has 2 aromatic carbocycles. The first-order valence-corrected chi connectivity index (χ1v) is 10.6. The van der Waals surface area contributed by atoms with Gasteiger partial charge in [0.1, 0.15) is 5.75 Å². The van der Waals surface area contributed by atoms with Crippen molar-refractivity contribution in [2.24, 2.45) is 0 Å². The standard InChI is InChI=1S/C25H32N2O2/c1-3-20-10-12-21(13-11-20)24(26-22-14-16-23(29-2)17-15-22)8-7-9-25(28)27-18-5-4-6-19-27/h7,9-17,24,26H,3-6,8,18-19H2,1-2H3/b9-7+/t24-/m1/s1. The van der Waals surface area contributed by atoms with Crippen molar-refractivity contribution in [2.45, 2.75) is 45.1 Å². The second kappa shape index (κ2) is 10.7. The van der Waals surface area contributed by atoms with Gasteiger partial charge in [0.25, 0.3) is 0 Å². The summed E-state index contributed by atoms with van der Waals surface area (Å²) < 4.78 is 5.25. The number of hydrogen-bond acceptors (Lipinski definition) is 3. The van der Waals surface area contributed by atoms with Gasteiger partial charge in [-0.05, 0) is 73.6 Å². The molecule has 3 rings (SSSR count). The summed E-state index contributed by atoms with van der Waals surface area (Å²) in [5.74, 6) is 0.973. The van der Waals surface area contributed by atoms with E-state index in [1.54, 1.807) is 13.2 Å². The molecule has 1 heterocycles. The molecule has 0 aromatic heterocycles. The van der Waals surface area contributed by atoms with Gasteiger partial charge in [-0.2, -0.15) is 0 Å². The van der Waals surface area contributed by atoms with Crippen LogP contribution in [-0.2, 0) is 11.2 Å². The number of amides is 1. The van der Waals surface area contributed by atoms with Crippen LogP contribution in [0.25, 0.3) is 0 Å². The Kier molecular flexibility index (Phi) is 7.74. The number of ether oxygens (including phenoxy) is 1. The minimum Gasteiger partial charge on any atom is -0.497 e. The Labute approximate surface area is 174 Å². The molecule has 29 heavy (non-hydrogen) atoms. The summed E-state index contributed by atoms with van der Waals surface area (Å²) in [7, 11) is 1.67. The van der Waals surface area contributed by atoms with Gasteiger partial charge in [0.2, 0.25) is 5.91 Å². The second-order valence-electron chi connectivity index (χ2n) is 7.54. The zero-order chi connectivity index (χ0) is 20.5. The van der Waals surface area contributed by atoms with Gasteiger partial charge >= 0.3 is 0 Å². The lowest BCUT2D eigenvalue weighted by Crippen LogP contribution is -2.34. The first-order chi connectivity index (χ1) is 14.2. The maximum absolute atomic E-state index is 12.4. The summed E-state index contributed by atoms with van der Waals surface area (Å²) in [6.07, 6.45) is 8.99. The normalized spacial score (nSPS) is 15.3. The molecule has 0 bridgehead atoms. The smallest absolute Gasteiger partial charge is 0.246 e. The predicted octanol–water partition coefficient (Wildman–Crippen LogP) is 5.37. The van der Waals surface area contributed by atoms with Crippen LogP contribution < -0.4 is 10.1 Å². The minimum atomic E-state index is 0.0970. The molecule has 154 valence electrons. The number of nitrogens with one attached hydrogen (secondary N) is 1. The molecular weight excluding hydrogens is 360 g/mol. The summed E-state index contributed by atoms with van der Waals surface area (Å²) in [5.41, 5.74) is 3.58. The maximum Gasteiger partial charge on any atom is 0.246 e. The van der Waals surface area contributed by atoms with Gasteiger partial charge in [0.15, 0.2) is 0 Å². The molecule has 1 atom stereocenters. The average molecular weight is 393 g/mol. The van der Waals surface area contributed by atoms with Crippen LogP contribution in [0.15, 0.2) is 60.7 Å². The Morgan fingerprint density at radius 1 is 1.07 bits per heavy atom. The van der Waals surface area contributed by atoms with Crippen molar-refractivity contribution in [3.8, 4) is 5.75 Å². The van der Waals surface area contributed by atoms with E-state index in [0.717, 1.165) is 50.2 Å². The van der Waals surface area contributed by atoms with Gasteiger partial charge < -0.3 is 15.0 Å². The molecule has 2 aromatic rings. The second-order valence-corrected chi connectivity index (χ2v) is 7.54. The first-order valence-electron chi connectivity index (χ1n) is 10.6. The van der Waals surface area contributed by atoms with Crippen molar-refractivity contribution in [3.63, 3.8) is 0 Å². The number of aryl methyl sites for hydroxylation is 1. The van der Waals surface area contributed by atoms with Crippen molar-refractivity contribution in [1.29, 1.82) is 0 Å². The number of likely N-dealkylation sites (tertiary alicyclic amines) is 1. The van der Waals surface area contributed by atoms with Gasteiger partial charge in [-0.3, -0.25) is 4.79 Å². The van der Waals surface area contributed by atoms with E-state index in [1.807, 2.05) is 35.2 Å². The molecule has 1 fully saturated rings. The summed E-state index contributed by atoms with van der Waals surface area (Å²) in [6, 6.07) is 16.8. The number of carbonyl (C=O) groups excluding carboxylic acids is 1. The van der Waals surface area contributed by atoms with Crippen molar-refractivity contribution < 1.29 is 9.53 Å². The van der Waals surface area contributed by atoms with Crippen molar-refractivity contribution in [2.75, 3.05) is 25.5 Å². The van der Waals surface area contributed by atoms with Crippen molar-refractivity contribution in [3.05, 3.63) is 71.8 Å². The topological polar surface area (TPSA) is 41.6 Å². The molecule has 1 saturated heterocycles. The van der Waals surface area contributed by atoms with Crippen molar-refractivity contribution in [1.82, 2.24) is 4.90 Å². The Balaban J connectivity index is 1.70. The highest BCUT2D eigenvalue weighted by Gasteiger charge is 2.15. The molecule has 4 heteroatoms. The van der Waals surface area contributed by atoms with Gasteiger partial charge in [-0.25, -0.2) is 0 Å². The number of carbonyl (C=O) groups is 1. The van der Waals surface area contributed by atoms with Crippen LogP contribution in [0, 0.1) is 0 Å². The Morgan fingerprint density at radius 3 is 2.38 bits per heavy atom. The highest BCUT2D eigenvalue weighted by Crippen LogP contribution is 2.25. The molecule has 4 nitrogen and oxygen atoms in total. The monoisotopic (exact) mass is 392 g/mol. The van der Waals surface area contributed by atoms with E-state index in [0.29, 0.717) is 0 Å². The van der Waals surface area contributed by atoms with Gasteiger partial charge in [0.05, 0.1) is 13.2 Å². The van der Waals surface area contributed by atoms with Crippen LogP contribution in [0.4, 0.5) is 5.69 Å². The van der Waals surface area contributed by atoms with Gasteiger partial charge in [-0.15, -0.1) is 0 Å². The van der Waals surface area contributed by atoms with Crippen LogP contribution in [0.3, 0.4) is 0 Å². The van der Waals surface area contributed by atoms with Crippen molar-refractivity contribution >= 4 is 11.6 Å². The predicted molar refractivity (Wildman–Crippen MR) is 119 cm³/mol. The molecule has 1 aliphatic rings. The summed E-state index contributed by atoms with van der Waals surface area (Å²) in [5, 5.41) is 3.61. The van der Waals surface area contributed by atoms with E-state index < -0.39 is 0 Å². The number of methoxy groups -OCH3 is 1. The Morgan fingerprint density at radius 2 is 1.76 bits per heavy atom. The minimum absolute atomic E-state index is 0.0970. The lowest BCUT2D eigenvalue weighted by Gasteiger charge is -2.25. The fourth-order valence-corrected chi connectivity index (χ4v) is 3.68. The zero-order valence-corrected chi connectivity index (χ0v) is 17.6. The van der Waals surface area contributed by atoms with Crippen LogP contribution in [0.1, 0.15) is 49.8 Å². The molecular formula is C25H32N2O2. The summed E-state index contributed by atoms with van der Waals surface area (Å²) in [4.78, 5) is 14.4. The zero-order valence-electron chi connectivity index (χ0n) is 17.6.